The Hall–Kier alpha value is -2.88. The molecule has 130 valence electrons. The molecule has 0 aliphatic carbocycles. The van der Waals surface area contributed by atoms with Gasteiger partial charge >= 0.3 is 0 Å². The maximum atomic E-state index is 13.7. The number of carbonyl (C=O) groups excluding carboxylic acids is 1. The third kappa shape index (κ3) is 3.33. The van der Waals surface area contributed by atoms with Crippen molar-refractivity contribution in [2.24, 2.45) is 0 Å². The summed E-state index contributed by atoms with van der Waals surface area (Å²) in [5.74, 6) is -6.88. The SMILES string of the molecule is O=C(Nc1cnn(Cc2c(F)cc(F)c(F)c2F)c1)c1[nH]ncc1Cl. The standard InChI is InChI=1S/C14H8ClF4N5O/c15-8-3-20-23-13(8)14(25)22-6-2-21-24(4-6)5-7-9(16)1-10(17)12(19)11(7)18/h1-4H,5H2,(H,20,23)(H,22,25). The number of H-pyrrole nitrogens is 1. The lowest BCUT2D eigenvalue weighted by atomic mass is 10.2. The smallest absolute Gasteiger partial charge is 0.275 e. The summed E-state index contributed by atoms with van der Waals surface area (Å²) in [6.07, 6.45) is 3.70. The average Bonchev–Trinajstić information content (AvgIpc) is 3.18. The summed E-state index contributed by atoms with van der Waals surface area (Å²) >= 11 is 5.75. The lowest BCUT2D eigenvalue weighted by Crippen LogP contribution is -2.12. The summed E-state index contributed by atoms with van der Waals surface area (Å²) in [6, 6.07) is 0.250. The number of benzene rings is 1. The summed E-state index contributed by atoms with van der Waals surface area (Å²) < 4.78 is 54.5. The second-order valence-corrected chi connectivity index (χ2v) is 5.33. The highest BCUT2D eigenvalue weighted by Crippen LogP contribution is 2.21. The second-order valence-electron chi connectivity index (χ2n) is 4.92. The number of halogens is 5. The topological polar surface area (TPSA) is 75.6 Å². The molecular formula is C14H8ClF4N5O. The van der Waals surface area contributed by atoms with Crippen molar-refractivity contribution in [3.8, 4) is 0 Å². The van der Waals surface area contributed by atoms with Gasteiger partial charge in [-0.2, -0.15) is 10.2 Å². The Morgan fingerprint density at radius 2 is 1.96 bits per heavy atom. The number of hydrogen-bond acceptors (Lipinski definition) is 3. The van der Waals surface area contributed by atoms with Gasteiger partial charge in [0.2, 0.25) is 0 Å². The van der Waals surface area contributed by atoms with E-state index in [-0.39, 0.29) is 22.5 Å². The molecule has 6 nitrogen and oxygen atoms in total. The van der Waals surface area contributed by atoms with Crippen molar-refractivity contribution in [3.63, 3.8) is 0 Å². The molecule has 2 N–H and O–H groups in total. The summed E-state index contributed by atoms with van der Waals surface area (Å²) in [5, 5.41) is 12.3. The number of carbonyl (C=O) groups is 1. The second kappa shape index (κ2) is 6.55. The van der Waals surface area contributed by atoms with Crippen molar-refractivity contribution < 1.29 is 22.4 Å². The van der Waals surface area contributed by atoms with Crippen molar-refractivity contribution in [3.05, 3.63) is 64.2 Å². The van der Waals surface area contributed by atoms with Crippen LogP contribution >= 0.6 is 11.6 Å². The number of anilines is 1. The predicted molar refractivity (Wildman–Crippen MR) is 79.2 cm³/mol. The molecule has 2 aromatic heterocycles. The molecule has 0 aliphatic heterocycles. The van der Waals surface area contributed by atoms with Crippen LogP contribution in [0.15, 0.2) is 24.7 Å². The molecule has 0 spiro atoms. The predicted octanol–water partition coefficient (Wildman–Crippen LogP) is 3.12. The van der Waals surface area contributed by atoms with Crippen LogP contribution in [0.3, 0.4) is 0 Å². The molecule has 0 atom stereocenters. The molecule has 1 amide bonds. The fourth-order valence-electron chi connectivity index (χ4n) is 2.05. The number of rotatable bonds is 4. The summed E-state index contributed by atoms with van der Waals surface area (Å²) in [6.45, 7) is -0.504. The van der Waals surface area contributed by atoms with Gasteiger partial charge in [0.05, 0.1) is 29.6 Å². The highest BCUT2D eigenvalue weighted by molar-refractivity contribution is 6.34. The van der Waals surface area contributed by atoms with Crippen LogP contribution in [0.1, 0.15) is 16.1 Å². The van der Waals surface area contributed by atoms with Crippen molar-refractivity contribution in [1.82, 2.24) is 20.0 Å². The number of nitrogens with one attached hydrogen (secondary N) is 2. The van der Waals surface area contributed by atoms with Crippen molar-refractivity contribution in [2.75, 3.05) is 5.32 Å². The van der Waals surface area contributed by atoms with Crippen molar-refractivity contribution in [2.45, 2.75) is 6.54 Å². The van der Waals surface area contributed by atoms with E-state index < -0.39 is 41.3 Å². The first-order valence-corrected chi connectivity index (χ1v) is 7.09. The number of hydrogen-bond donors (Lipinski definition) is 2. The first-order chi connectivity index (χ1) is 11.9. The minimum absolute atomic E-state index is 0.0205. The fraction of sp³-hybridized carbons (Fsp3) is 0.0714. The van der Waals surface area contributed by atoms with Crippen molar-refractivity contribution in [1.29, 1.82) is 0 Å². The Labute approximate surface area is 142 Å². The van der Waals surface area contributed by atoms with E-state index in [1.54, 1.807) is 0 Å². The largest absolute Gasteiger partial charge is 0.318 e. The Bertz CT molecular complexity index is 955. The van der Waals surface area contributed by atoms with Crippen LogP contribution in [0.4, 0.5) is 23.2 Å². The van der Waals surface area contributed by atoms with Crippen molar-refractivity contribution >= 4 is 23.2 Å². The molecular weight excluding hydrogens is 366 g/mol. The van der Waals surface area contributed by atoms with Crippen LogP contribution in [0.5, 0.6) is 0 Å². The van der Waals surface area contributed by atoms with Gasteiger partial charge in [-0.25, -0.2) is 17.6 Å². The lowest BCUT2D eigenvalue weighted by molar-refractivity contribution is 0.102. The molecule has 0 bridgehead atoms. The molecule has 0 saturated heterocycles. The molecule has 0 radical (unpaired) electrons. The van der Waals surface area contributed by atoms with Gasteiger partial charge in [0.25, 0.3) is 5.91 Å². The van der Waals surface area contributed by atoms with Crippen LogP contribution in [0.2, 0.25) is 5.02 Å². The van der Waals surface area contributed by atoms with E-state index in [2.05, 4.69) is 20.6 Å². The highest BCUT2D eigenvalue weighted by atomic mass is 35.5. The summed E-state index contributed by atoms with van der Waals surface area (Å²) in [5.41, 5.74) is -0.484. The Morgan fingerprint density at radius 1 is 1.20 bits per heavy atom. The van der Waals surface area contributed by atoms with E-state index in [9.17, 15) is 22.4 Å². The van der Waals surface area contributed by atoms with Gasteiger partial charge in [-0.1, -0.05) is 11.6 Å². The zero-order valence-electron chi connectivity index (χ0n) is 12.2. The monoisotopic (exact) mass is 373 g/mol. The fourth-order valence-corrected chi connectivity index (χ4v) is 2.23. The number of aromatic amines is 1. The molecule has 0 unspecified atom stereocenters. The molecule has 2 heterocycles. The van der Waals surface area contributed by atoms with Gasteiger partial charge in [0, 0.05) is 17.8 Å². The van der Waals surface area contributed by atoms with Crippen LogP contribution < -0.4 is 5.32 Å². The van der Waals surface area contributed by atoms with E-state index in [1.807, 2.05) is 0 Å². The zero-order chi connectivity index (χ0) is 18.1. The number of nitrogens with zero attached hydrogens (tertiary/aromatic N) is 3. The van der Waals surface area contributed by atoms with Gasteiger partial charge < -0.3 is 5.32 Å². The van der Waals surface area contributed by atoms with E-state index >= 15 is 0 Å². The van der Waals surface area contributed by atoms with Crippen LogP contribution in [-0.4, -0.2) is 25.9 Å². The highest BCUT2D eigenvalue weighted by Gasteiger charge is 2.20. The Balaban J connectivity index is 1.78. The molecule has 0 saturated carbocycles. The molecule has 11 heteroatoms. The first-order valence-electron chi connectivity index (χ1n) is 6.71. The van der Waals surface area contributed by atoms with Crippen LogP contribution in [0, 0.1) is 23.3 Å². The van der Waals surface area contributed by atoms with Gasteiger partial charge in [-0.3, -0.25) is 14.6 Å². The van der Waals surface area contributed by atoms with Crippen LogP contribution in [0.25, 0.3) is 0 Å². The molecule has 3 aromatic rings. The lowest BCUT2D eigenvalue weighted by Gasteiger charge is -2.07. The van der Waals surface area contributed by atoms with E-state index in [0.29, 0.717) is 0 Å². The summed E-state index contributed by atoms with van der Waals surface area (Å²) in [7, 11) is 0. The Kier molecular flexibility index (Phi) is 4.45. The third-order valence-corrected chi connectivity index (χ3v) is 3.53. The quantitative estimate of drug-likeness (QED) is 0.419. The normalized spacial score (nSPS) is 10.9. The third-order valence-electron chi connectivity index (χ3n) is 3.24. The molecule has 1 aromatic carbocycles. The number of amides is 1. The average molecular weight is 374 g/mol. The molecule has 0 aliphatic rings. The van der Waals surface area contributed by atoms with Gasteiger partial charge in [-0.05, 0) is 0 Å². The molecule has 0 fully saturated rings. The van der Waals surface area contributed by atoms with E-state index in [0.717, 1.165) is 4.68 Å². The van der Waals surface area contributed by atoms with E-state index in [1.165, 1.54) is 18.6 Å². The van der Waals surface area contributed by atoms with Gasteiger partial charge in [0.1, 0.15) is 11.5 Å². The van der Waals surface area contributed by atoms with E-state index in [4.69, 9.17) is 11.6 Å². The maximum absolute atomic E-state index is 13.7. The van der Waals surface area contributed by atoms with Gasteiger partial charge in [-0.15, -0.1) is 0 Å². The minimum atomic E-state index is -1.77. The number of aromatic nitrogens is 4. The molecule has 25 heavy (non-hydrogen) atoms. The maximum Gasteiger partial charge on any atom is 0.275 e. The minimum Gasteiger partial charge on any atom is -0.318 e. The first kappa shape index (κ1) is 17.0. The van der Waals surface area contributed by atoms with Gasteiger partial charge in [0.15, 0.2) is 17.5 Å². The molecule has 3 rings (SSSR count). The zero-order valence-corrected chi connectivity index (χ0v) is 12.9. The summed E-state index contributed by atoms with van der Waals surface area (Å²) in [4.78, 5) is 11.9. The Morgan fingerprint density at radius 3 is 2.64 bits per heavy atom. The van der Waals surface area contributed by atoms with Crippen LogP contribution in [-0.2, 0) is 6.54 Å².